The third-order valence-corrected chi connectivity index (χ3v) is 4.92. The Labute approximate surface area is 165 Å². The average molecular weight is 410 g/mol. The first-order chi connectivity index (χ1) is 13.7. The highest BCUT2D eigenvalue weighted by atomic mass is 19.4. The molecule has 0 fully saturated rings. The van der Waals surface area contributed by atoms with E-state index in [2.05, 4.69) is 5.10 Å². The zero-order valence-electron chi connectivity index (χ0n) is 16.3. The van der Waals surface area contributed by atoms with Crippen molar-refractivity contribution < 1.29 is 27.5 Å². The average Bonchev–Trinajstić information content (AvgIpc) is 3.10. The van der Waals surface area contributed by atoms with Crippen LogP contribution in [-0.2, 0) is 17.4 Å². The van der Waals surface area contributed by atoms with E-state index in [9.17, 15) is 22.8 Å². The number of likely N-dealkylation sites (N-methyl/N-ethyl adjacent to an activating group) is 1. The first kappa shape index (κ1) is 20.7. The van der Waals surface area contributed by atoms with Gasteiger partial charge in [0.05, 0.1) is 12.8 Å². The van der Waals surface area contributed by atoms with Crippen LogP contribution in [0.4, 0.5) is 13.2 Å². The summed E-state index contributed by atoms with van der Waals surface area (Å²) in [5.41, 5.74) is -1.09. The van der Waals surface area contributed by atoms with Crippen molar-refractivity contribution in [2.24, 2.45) is 0 Å². The molecule has 0 N–H and O–H groups in total. The quantitative estimate of drug-likeness (QED) is 0.759. The number of methoxy groups -OCH3 is 1. The van der Waals surface area contributed by atoms with Gasteiger partial charge in [0.2, 0.25) is 5.91 Å². The summed E-state index contributed by atoms with van der Waals surface area (Å²) < 4.78 is 46.6. The number of ether oxygens (including phenoxy) is 1. The standard InChI is InChI=1S/C19H21F3N4O3/c1-4-24(2)15(27)11-25-10-9-14-16(18(25)28)26(23-17(14)19(20,21)22)12-5-7-13(29-3)8-6-12/h5-8H,4,9-11H2,1-3H3. The molecule has 1 aromatic heterocycles. The van der Waals surface area contributed by atoms with Gasteiger partial charge < -0.3 is 14.5 Å². The van der Waals surface area contributed by atoms with Crippen molar-refractivity contribution >= 4 is 11.8 Å². The van der Waals surface area contributed by atoms with Gasteiger partial charge in [-0.2, -0.15) is 18.3 Å². The Morgan fingerprint density at radius 3 is 2.48 bits per heavy atom. The zero-order chi connectivity index (χ0) is 21.3. The zero-order valence-corrected chi connectivity index (χ0v) is 16.3. The lowest BCUT2D eigenvalue weighted by atomic mass is 10.0. The summed E-state index contributed by atoms with van der Waals surface area (Å²) >= 11 is 0. The van der Waals surface area contributed by atoms with Gasteiger partial charge in [-0.3, -0.25) is 9.59 Å². The summed E-state index contributed by atoms with van der Waals surface area (Å²) in [5.74, 6) is -0.411. The Balaban J connectivity index is 2.05. The summed E-state index contributed by atoms with van der Waals surface area (Å²) in [4.78, 5) is 27.9. The normalized spacial score (nSPS) is 14.0. The van der Waals surface area contributed by atoms with Crippen LogP contribution in [0, 0.1) is 0 Å². The van der Waals surface area contributed by atoms with E-state index in [4.69, 9.17) is 4.74 Å². The van der Waals surface area contributed by atoms with Crippen molar-refractivity contribution in [3.05, 3.63) is 41.2 Å². The maximum Gasteiger partial charge on any atom is 0.435 e. The Morgan fingerprint density at radius 1 is 1.28 bits per heavy atom. The summed E-state index contributed by atoms with van der Waals surface area (Å²) in [6, 6.07) is 6.19. The maximum atomic E-state index is 13.5. The number of nitrogens with zero attached hydrogens (tertiary/aromatic N) is 4. The molecule has 0 atom stereocenters. The molecule has 2 aromatic rings. The fourth-order valence-corrected chi connectivity index (χ4v) is 3.15. The van der Waals surface area contributed by atoms with Crippen molar-refractivity contribution in [1.82, 2.24) is 19.6 Å². The molecular formula is C19H21F3N4O3. The molecule has 156 valence electrons. The molecular weight excluding hydrogens is 389 g/mol. The van der Waals surface area contributed by atoms with Crippen LogP contribution in [0.15, 0.2) is 24.3 Å². The molecule has 0 saturated carbocycles. The largest absolute Gasteiger partial charge is 0.497 e. The van der Waals surface area contributed by atoms with Gasteiger partial charge in [-0.05, 0) is 37.6 Å². The Bertz CT molecular complexity index is 922. The monoisotopic (exact) mass is 410 g/mol. The van der Waals surface area contributed by atoms with Crippen molar-refractivity contribution in [3.63, 3.8) is 0 Å². The van der Waals surface area contributed by atoms with E-state index >= 15 is 0 Å². The van der Waals surface area contributed by atoms with Gasteiger partial charge >= 0.3 is 6.18 Å². The first-order valence-corrected chi connectivity index (χ1v) is 9.04. The van der Waals surface area contributed by atoms with Crippen molar-refractivity contribution in [3.8, 4) is 11.4 Å². The smallest absolute Gasteiger partial charge is 0.435 e. The van der Waals surface area contributed by atoms with Crippen molar-refractivity contribution in [2.75, 3.05) is 33.8 Å². The van der Waals surface area contributed by atoms with E-state index in [1.807, 2.05) is 0 Å². The third kappa shape index (κ3) is 3.92. The number of fused-ring (bicyclic) bond motifs is 1. The Hall–Kier alpha value is -3.04. The summed E-state index contributed by atoms with van der Waals surface area (Å²) in [6.45, 7) is 2.08. The highest BCUT2D eigenvalue weighted by Gasteiger charge is 2.43. The second-order valence-electron chi connectivity index (χ2n) is 6.67. The van der Waals surface area contributed by atoms with Crippen LogP contribution >= 0.6 is 0 Å². The minimum atomic E-state index is -4.69. The number of amides is 2. The van der Waals surface area contributed by atoms with Crippen LogP contribution in [0.5, 0.6) is 5.75 Å². The van der Waals surface area contributed by atoms with Gasteiger partial charge in [0.1, 0.15) is 18.0 Å². The predicted molar refractivity (Wildman–Crippen MR) is 98.0 cm³/mol. The van der Waals surface area contributed by atoms with E-state index < -0.39 is 17.8 Å². The van der Waals surface area contributed by atoms with Crippen LogP contribution in [-0.4, -0.2) is 65.2 Å². The molecule has 7 nitrogen and oxygen atoms in total. The molecule has 2 amide bonds. The molecule has 1 aliphatic heterocycles. The number of hydrogen-bond acceptors (Lipinski definition) is 4. The van der Waals surface area contributed by atoms with E-state index in [-0.39, 0.29) is 36.7 Å². The third-order valence-electron chi connectivity index (χ3n) is 4.92. The lowest BCUT2D eigenvalue weighted by molar-refractivity contribution is -0.142. The Morgan fingerprint density at radius 2 is 1.93 bits per heavy atom. The van der Waals surface area contributed by atoms with Crippen LogP contribution in [0.1, 0.15) is 28.7 Å². The SMILES string of the molecule is CCN(C)C(=O)CN1CCc2c(C(F)(F)F)nn(-c3ccc(OC)cc3)c2C1=O. The highest BCUT2D eigenvalue weighted by Crippen LogP contribution is 2.36. The summed E-state index contributed by atoms with van der Waals surface area (Å²) in [5, 5.41) is 3.71. The molecule has 10 heteroatoms. The van der Waals surface area contributed by atoms with Crippen LogP contribution in [0.3, 0.4) is 0 Å². The van der Waals surface area contributed by atoms with Gasteiger partial charge in [-0.1, -0.05) is 0 Å². The maximum absolute atomic E-state index is 13.5. The van der Waals surface area contributed by atoms with Gasteiger partial charge in [-0.15, -0.1) is 0 Å². The fraction of sp³-hybridized carbons (Fsp3) is 0.421. The van der Waals surface area contributed by atoms with E-state index in [0.29, 0.717) is 18.0 Å². The van der Waals surface area contributed by atoms with Crippen molar-refractivity contribution in [2.45, 2.75) is 19.5 Å². The topological polar surface area (TPSA) is 67.7 Å². The molecule has 0 spiro atoms. The van der Waals surface area contributed by atoms with E-state index in [1.54, 1.807) is 26.1 Å². The number of halogens is 3. The summed E-state index contributed by atoms with van der Waals surface area (Å²) in [6.07, 6.45) is -4.72. The lowest BCUT2D eigenvalue weighted by Gasteiger charge is -2.28. The second kappa shape index (κ2) is 7.76. The molecule has 0 radical (unpaired) electrons. The minimum absolute atomic E-state index is 0.0204. The lowest BCUT2D eigenvalue weighted by Crippen LogP contribution is -2.45. The molecule has 0 aliphatic carbocycles. The molecule has 0 saturated heterocycles. The van der Waals surface area contributed by atoms with Gasteiger partial charge in [-0.25, -0.2) is 4.68 Å². The number of hydrogen-bond donors (Lipinski definition) is 0. The molecule has 0 bridgehead atoms. The van der Waals surface area contributed by atoms with Gasteiger partial charge in [0, 0.05) is 25.7 Å². The molecule has 1 aliphatic rings. The van der Waals surface area contributed by atoms with Crippen molar-refractivity contribution in [1.29, 1.82) is 0 Å². The minimum Gasteiger partial charge on any atom is -0.497 e. The van der Waals surface area contributed by atoms with E-state index in [1.165, 1.54) is 29.0 Å². The number of rotatable bonds is 5. The van der Waals surface area contributed by atoms with Gasteiger partial charge in [0.25, 0.3) is 5.91 Å². The van der Waals surface area contributed by atoms with Crippen LogP contribution in [0.25, 0.3) is 5.69 Å². The van der Waals surface area contributed by atoms with Crippen LogP contribution in [0.2, 0.25) is 0 Å². The van der Waals surface area contributed by atoms with Gasteiger partial charge in [0.15, 0.2) is 5.69 Å². The molecule has 29 heavy (non-hydrogen) atoms. The summed E-state index contributed by atoms with van der Waals surface area (Å²) in [7, 11) is 3.07. The molecule has 0 unspecified atom stereocenters. The van der Waals surface area contributed by atoms with E-state index in [0.717, 1.165) is 4.68 Å². The fourth-order valence-electron chi connectivity index (χ4n) is 3.15. The molecule has 2 heterocycles. The number of carbonyl (C=O) groups is 2. The number of benzene rings is 1. The highest BCUT2D eigenvalue weighted by molar-refractivity contribution is 5.98. The Kier molecular flexibility index (Phi) is 5.54. The number of aromatic nitrogens is 2. The second-order valence-corrected chi connectivity index (χ2v) is 6.67. The predicted octanol–water partition coefficient (Wildman–Crippen LogP) is 2.38. The number of alkyl halides is 3. The molecule has 3 rings (SSSR count). The number of carbonyl (C=O) groups excluding carboxylic acids is 2. The molecule has 1 aromatic carbocycles. The van der Waals surface area contributed by atoms with Crippen LogP contribution < -0.4 is 4.74 Å². The first-order valence-electron chi connectivity index (χ1n) is 9.04.